The highest BCUT2D eigenvalue weighted by Gasteiger charge is 2.42. The van der Waals surface area contributed by atoms with Gasteiger partial charge in [-0.1, -0.05) is 11.3 Å². The van der Waals surface area contributed by atoms with Gasteiger partial charge in [-0.25, -0.2) is 0 Å². The van der Waals surface area contributed by atoms with E-state index in [0.717, 1.165) is 28.2 Å². The molecule has 0 atom stereocenters. The minimum atomic E-state index is -0.302. The zero-order chi connectivity index (χ0) is 8.60. The second-order valence-corrected chi connectivity index (χ2v) is 5.16. The Kier molecular flexibility index (Phi) is 1.89. The summed E-state index contributed by atoms with van der Waals surface area (Å²) in [6.45, 7) is 0. The van der Waals surface area contributed by atoms with Crippen LogP contribution in [0.1, 0.15) is 24.3 Å². The van der Waals surface area contributed by atoms with Gasteiger partial charge in [-0.05, 0) is 35.2 Å². The standard InChI is InChI=1S/C7H6BrN3S/c8-6-11-10-5(12-6)7(4-9)2-1-3-7/h1-3H2. The molecule has 12 heavy (non-hydrogen) atoms. The molecule has 2 rings (SSSR count). The van der Waals surface area contributed by atoms with Crippen molar-refractivity contribution in [2.24, 2.45) is 0 Å². The summed E-state index contributed by atoms with van der Waals surface area (Å²) in [5, 5.41) is 17.7. The molecule has 1 heterocycles. The average molecular weight is 244 g/mol. The van der Waals surface area contributed by atoms with E-state index in [-0.39, 0.29) is 5.41 Å². The molecule has 0 N–H and O–H groups in total. The van der Waals surface area contributed by atoms with Gasteiger partial charge in [0.15, 0.2) is 3.92 Å². The summed E-state index contributed by atoms with van der Waals surface area (Å²) in [5.41, 5.74) is -0.302. The first-order valence-corrected chi connectivity index (χ1v) is 5.28. The van der Waals surface area contributed by atoms with E-state index in [9.17, 15) is 0 Å². The molecule has 0 aliphatic heterocycles. The van der Waals surface area contributed by atoms with Crippen molar-refractivity contribution in [3.63, 3.8) is 0 Å². The molecular weight excluding hydrogens is 238 g/mol. The molecule has 3 nitrogen and oxygen atoms in total. The van der Waals surface area contributed by atoms with Crippen LogP contribution >= 0.6 is 27.3 Å². The number of nitrogens with zero attached hydrogens (tertiary/aromatic N) is 3. The van der Waals surface area contributed by atoms with E-state index in [1.807, 2.05) is 0 Å². The zero-order valence-corrected chi connectivity index (χ0v) is 8.65. The molecule has 1 aromatic heterocycles. The van der Waals surface area contributed by atoms with Crippen molar-refractivity contribution in [2.45, 2.75) is 24.7 Å². The fourth-order valence-electron chi connectivity index (χ4n) is 1.30. The minimum Gasteiger partial charge on any atom is -0.197 e. The lowest BCUT2D eigenvalue weighted by molar-refractivity contribution is 0.321. The Hall–Kier alpha value is -0.470. The maximum absolute atomic E-state index is 8.97. The molecule has 0 unspecified atom stereocenters. The van der Waals surface area contributed by atoms with Gasteiger partial charge in [0, 0.05) is 0 Å². The molecule has 0 bridgehead atoms. The highest BCUT2D eigenvalue weighted by atomic mass is 79.9. The normalized spacial score (nSPS) is 19.7. The van der Waals surface area contributed by atoms with Crippen molar-refractivity contribution in [2.75, 3.05) is 0 Å². The summed E-state index contributed by atoms with van der Waals surface area (Å²) >= 11 is 4.71. The summed E-state index contributed by atoms with van der Waals surface area (Å²) in [5.74, 6) is 0. The molecule has 1 aliphatic rings. The molecule has 0 saturated heterocycles. The van der Waals surface area contributed by atoms with E-state index in [1.54, 1.807) is 0 Å². The third kappa shape index (κ3) is 1.06. The average Bonchev–Trinajstić information content (AvgIpc) is 2.35. The molecule has 0 aromatic carbocycles. The first kappa shape index (κ1) is 8.14. The predicted octanol–water partition coefficient (Wildman–Crippen LogP) is 2.25. The van der Waals surface area contributed by atoms with Crippen LogP contribution in [0.4, 0.5) is 0 Å². The molecule has 62 valence electrons. The zero-order valence-electron chi connectivity index (χ0n) is 6.25. The van der Waals surface area contributed by atoms with E-state index in [2.05, 4.69) is 32.2 Å². The molecule has 1 aromatic rings. The number of nitriles is 1. The van der Waals surface area contributed by atoms with Gasteiger partial charge in [-0.15, -0.1) is 10.2 Å². The van der Waals surface area contributed by atoms with Gasteiger partial charge in [0.25, 0.3) is 0 Å². The summed E-state index contributed by atoms with van der Waals surface area (Å²) in [6, 6.07) is 2.33. The molecular formula is C7H6BrN3S. The van der Waals surface area contributed by atoms with Crippen molar-refractivity contribution < 1.29 is 0 Å². The van der Waals surface area contributed by atoms with Gasteiger partial charge in [-0.3, -0.25) is 0 Å². The molecule has 1 aliphatic carbocycles. The first-order valence-electron chi connectivity index (χ1n) is 3.68. The Balaban J connectivity index is 2.35. The molecule has 0 amide bonds. The third-order valence-electron chi connectivity index (χ3n) is 2.23. The van der Waals surface area contributed by atoms with Crippen molar-refractivity contribution >= 4 is 27.3 Å². The second-order valence-electron chi connectivity index (χ2n) is 2.91. The van der Waals surface area contributed by atoms with Crippen LogP contribution in [0, 0.1) is 11.3 Å². The van der Waals surface area contributed by atoms with Crippen LogP contribution in [0.3, 0.4) is 0 Å². The fraction of sp³-hybridized carbons (Fsp3) is 0.571. The summed E-state index contributed by atoms with van der Waals surface area (Å²) in [7, 11) is 0. The maximum atomic E-state index is 8.97. The SMILES string of the molecule is N#CC1(c2nnc(Br)s2)CCC1. The highest BCUT2D eigenvalue weighted by molar-refractivity contribution is 9.11. The van der Waals surface area contributed by atoms with Gasteiger partial charge in [0.1, 0.15) is 10.4 Å². The predicted molar refractivity (Wildman–Crippen MR) is 48.8 cm³/mol. The van der Waals surface area contributed by atoms with Crippen LogP contribution < -0.4 is 0 Å². The Morgan fingerprint density at radius 2 is 2.25 bits per heavy atom. The summed E-state index contributed by atoms with van der Waals surface area (Å²) < 4.78 is 0.763. The van der Waals surface area contributed by atoms with Crippen LogP contribution in [-0.2, 0) is 5.41 Å². The Morgan fingerprint density at radius 1 is 1.50 bits per heavy atom. The molecule has 1 saturated carbocycles. The molecule has 0 radical (unpaired) electrons. The number of hydrogen-bond acceptors (Lipinski definition) is 4. The Morgan fingerprint density at radius 3 is 2.58 bits per heavy atom. The topological polar surface area (TPSA) is 49.6 Å². The quantitative estimate of drug-likeness (QED) is 0.761. The fourth-order valence-corrected chi connectivity index (χ4v) is 2.61. The van der Waals surface area contributed by atoms with Crippen molar-refractivity contribution in [1.29, 1.82) is 5.26 Å². The van der Waals surface area contributed by atoms with Crippen LogP contribution in [0.2, 0.25) is 0 Å². The number of rotatable bonds is 1. The van der Waals surface area contributed by atoms with Crippen LogP contribution in [0.15, 0.2) is 3.92 Å². The van der Waals surface area contributed by atoms with Gasteiger partial charge in [-0.2, -0.15) is 5.26 Å². The number of hydrogen-bond donors (Lipinski definition) is 0. The Labute approximate surface area is 82.6 Å². The lowest BCUT2D eigenvalue weighted by atomic mass is 9.70. The van der Waals surface area contributed by atoms with E-state index in [4.69, 9.17) is 5.26 Å². The summed E-state index contributed by atoms with van der Waals surface area (Å²) in [6.07, 6.45) is 3.00. The minimum absolute atomic E-state index is 0.302. The lowest BCUT2D eigenvalue weighted by Gasteiger charge is -2.32. The highest BCUT2D eigenvalue weighted by Crippen LogP contribution is 2.44. The smallest absolute Gasteiger partial charge is 0.183 e. The van der Waals surface area contributed by atoms with Crippen LogP contribution in [-0.4, -0.2) is 10.2 Å². The monoisotopic (exact) mass is 243 g/mol. The van der Waals surface area contributed by atoms with Gasteiger partial charge in [0.05, 0.1) is 6.07 Å². The van der Waals surface area contributed by atoms with Gasteiger partial charge >= 0.3 is 0 Å². The number of aromatic nitrogens is 2. The Bertz CT molecular complexity index is 337. The maximum Gasteiger partial charge on any atom is 0.183 e. The van der Waals surface area contributed by atoms with E-state index in [0.29, 0.717) is 0 Å². The molecule has 5 heteroatoms. The first-order chi connectivity index (χ1) is 5.77. The van der Waals surface area contributed by atoms with Crippen molar-refractivity contribution in [1.82, 2.24) is 10.2 Å². The van der Waals surface area contributed by atoms with Crippen LogP contribution in [0.5, 0.6) is 0 Å². The summed E-state index contributed by atoms with van der Waals surface area (Å²) in [4.78, 5) is 0. The third-order valence-corrected chi connectivity index (χ3v) is 3.79. The van der Waals surface area contributed by atoms with Gasteiger partial charge in [0.2, 0.25) is 0 Å². The molecule has 0 spiro atoms. The van der Waals surface area contributed by atoms with E-state index >= 15 is 0 Å². The lowest BCUT2D eigenvalue weighted by Crippen LogP contribution is -2.32. The van der Waals surface area contributed by atoms with E-state index in [1.165, 1.54) is 11.3 Å². The largest absolute Gasteiger partial charge is 0.197 e. The molecule has 1 fully saturated rings. The van der Waals surface area contributed by atoms with Crippen molar-refractivity contribution in [3.8, 4) is 6.07 Å². The second kappa shape index (κ2) is 2.79. The van der Waals surface area contributed by atoms with Crippen LogP contribution in [0.25, 0.3) is 0 Å². The number of halogens is 1. The van der Waals surface area contributed by atoms with Crippen molar-refractivity contribution in [3.05, 3.63) is 8.92 Å². The van der Waals surface area contributed by atoms with E-state index < -0.39 is 0 Å². The van der Waals surface area contributed by atoms with Gasteiger partial charge < -0.3 is 0 Å².